The van der Waals surface area contributed by atoms with Crippen LogP contribution >= 0.6 is 0 Å². The number of hydrogen-bond acceptors (Lipinski definition) is 6. The van der Waals surface area contributed by atoms with E-state index in [1.165, 1.54) is 27.0 Å². The second-order valence-electron chi connectivity index (χ2n) is 5.28. The lowest BCUT2D eigenvalue weighted by Crippen LogP contribution is -2.40. The summed E-state index contributed by atoms with van der Waals surface area (Å²) in [4.78, 5) is 11.3. The Hall–Kier alpha value is -2.05. The molecule has 0 saturated carbocycles. The third-order valence-electron chi connectivity index (χ3n) is 3.11. The van der Waals surface area contributed by atoms with Crippen LogP contribution in [-0.2, 0) is 0 Å². The molecule has 0 bridgehead atoms. The Kier molecular flexibility index (Phi) is 4.20. The van der Waals surface area contributed by atoms with Crippen molar-refractivity contribution >= 4 is 11.0 Å². The van der Waals surface area contributed by atoms with Gasteiger partial charge >= 0.3 is 5.63 Å². The molecule has 0 aliphatic heterocycles. The van der Waals surface area contributed by atoms with E-state index in [0.29, 0.717) is 11.1 Å². The van der Waals surface area contributed by atoms with Crippen molar-refractivity contribution in [2.45, 2.75) is 25.6 Å². The number of aliphatic hydroxyl groups is 2. The van der Waals surface area contributed by atoms with Crippen molar-refractivity contribution in [3.05, 3.63) is 34.7 Å². The standard InChI is InChI=1S/C15H18O6/c1-15(2,18)12(16)8-20-11-7-10(19-3)6-9-4-5-13(17)21-14(9)11/h4-7,12,16,18H,8H2,1-3H3. The van der Waals surface area contributed by atoms with Gasteiger partial charge in [-0.1, -0.05) is 0 Å². The topological polar surface area (TPSA) is 89.1 Å². The maximum absolute atomic E-state index is 11.3. The predicted octanol–water partition coefficient (Wildman–Crippen LogP) is 1.31. The van der Waals surface area contributed by atoms with Gasteiger partial charge in [-0.25, -0.2) is 4.79 Å². The fraction of sp³-hybridized carbons (Fsp3) is 0.400. The van der Waals surface area contributed by atoms with Gasteiger partial charge in [0.05, 0.1) is 12.7 Å². The summed E-state index contributed by atoms with van der Waals surface area (Å²) in [6.07, 6.45) is -1.09. The Balaban J connectivity index is 2.37. The van der Waals surface area contributed by atoms with Crippen molar-refractivity contribution in [2.24, 2.45) is 0 Å². The molecule has 0 aliphatic rings. The molecule has 0 saturated heterocycles. The maximum Gasteiger partial charge on any atom is 0.336 e. The quantitative estimate of drug-likeness (QED) is 0.808. The summed E-state index contributed by atoms with van der Waals surface area (Å²) >= 11 is 0. The van der Waals surface area contributed by atoms with Crippen molar-refractivity contribution in [1.29, 1.82) is 0 Å². The van der Waals surface area contributed by atoms with Crippen LogP contribution in [-0.4, -0.2) is 35.6 Å². The number of hydrogen-bond donors (Lipinski definition) is 2. The normalized spacial score (nSPS) is 13.2. The molecular weight excluding hydrogens is 276 g/mol. The molecule has 0 aliphatic carbocycles. The minimum Gasteiger partial charge on any atom is -0.497 e. The Morgan fingerprint density at radius 3 is 2.67 bits per heavy atom. The van der Waals surface area contributed by atoms with Crippen LogP contribution in [0.15, 0.2) is 33.5 Å². The lowest BCUT2D eigenvalue weighted by atomic mass is 10.0. The van der Waals surface area contributed by atoms with E-state index in [1.54, 1.807) is 18.2 Å². The lowest BCUT2D eigenvalue weighted by Gasteiger charge is -2.24. The molecule has 0 spiro atoms. The summed E-state index contributed by atoms with van der Waals surface area (Å²) in [7, 11) is 1.51. The van der Waals surface area contributed by atoms with E-state index in [2.05, 4.69) is 0 Å². The smallest absolute Gasteiger partial charge is 0.336 e. The highest BCUT2D eigenvalue weighted by molar-refractivity contribution is 5.84. The Bertz CT molecular complexity index is 683. The molecule has 6 heteroatoms. The molecule has 6 nitrogen and oxygen atoms in total. The molecule has 2 rings (SSSR count). The number of benzene rings is 1. The summed E-state index contributed by atoms with van der Waals surface area (Å²) in [6, 6.07) is 6.17. The largest absolute Gasteiger partial charge is 0.497 e. The Morgan fingerprint density at radius 1 is 1.33 bits per heavy atom. The van der Waals surface area contributed by atoms with Crippen LogP contribution in [0.4, 0.5) is 0 Å². The number of methoxy groups -OCH3 is 1. The first kappa shape index (κ1) is 15.3. The van der Waals surface area contributed by atoms with Gasteiger partial charge in [-0.3, -0.25) is 0 Å². The minimum absolute atomic E-state index is 0.148. The van der Waals surface area contributed by atoms with Crippen molar-refractivity contribution in [3.63, 3.8) is 0 Å². The second-order valence-corrected chi connectivity index (χ2v) is 5.28. The predicted molar refractivity (Wildman–Crippen MR) is 76.8 cm³/mol. The maximum atomic E-state index is 11.3. The van der Waals surface area contributed by atoms with Crippen LogP contribution in [0.3, 0.4) is 0 Å². The molecule has 0 fully saturated rings. The molecule has 21 heavy (non-hydrogen) atoms. The van der Waals surface area contributed by atoms with E-state index in [1.807, 2.05) is 0 Å². The molecule has 1 heterocycles. The van der Waals surface area contributed by atoms with Gasteiger partial charge in [0.1, 0.15) is 18.5 Å². The fourth-order valence-electron chi connectivity index (χ4n) is 1.72. The van der Waals surface area contributed by atoms with Crippen LogP contribution in [0.1, 0.15) is 13.8 Å². The van der Waals surface area contributed by atoms with Crippen LogP contribution in [0, 0.1) is 0 Å². The molecule has 0 radical (unpaired) electrons. The Labute approximate surface area is 121 Å². The van der Waals surface area contributed by atoms with Crippen LogP contribution in [0.25, 0.3) is 11.0 Å². The highest BCUT2D eigenvalue weighted by Crippen LogP contribution is 2.30. The molecule has 1 atom stereocenters. The number of fused-ring (bicyclic) bond motifs is 1. The van der Waals surface area contributed by atoms with Gasteiger partial charge in [0.15, 0.2) is 11.3 Å². The molecule has 1 aromatic heterocycles. The first-order valence-electron chi connectivity index (χ1n) is 6.46. The van der Waals surface area contributed by atoms with E-state index in [9.17, 15) is 15.0 Å². The van der Waals surface area contributed by atoms with E-state index in [-0.39, 0.29) is 17.9 Å². The summed E-state index contributed by atoms with van der Waals surface area (Å²) in [5, 5.41) is 20.1. The summed E-state index contributed by atoms with van der Waals surface area (Å²) in [5.41, 5.74) is -1.53. The zero-order valence-electron chi connectivity index (χ0n) is 12.1. The van der Waals surface area contributed by atoms with Gasteiger partial charge in [0.2, 0.25) is 0 Å². The van der Waals surface area contributed by atoms with Crippen molar-refractivity contribution in [3.8, 4) is 11.5 Å². The molecular formula is C15H18O6. The lowest BCUT2D eigenvalue weighted by molar-refractivity contribution is -0.0661. The molecule has 1 aromatic carbocycles. The van der Waals surface area contributed by atoms with Gasteiger partial charge in [0, 0.05) is 17.5 Å². The average Bonchev–Trinajstić information content (AvgIpc) is 2.43. The Morgan fingerprint density at radius 2 is 2.05 bits per heavy atom. The van der Waals surface area contributed by atoms with E-state index in [0.717, 1.165) is 0 Å². The highest BCUT2D eigenvalue weighted by Gasteiger charge is 2.25. The molecule has 1 unspecified atom stereocenters. The van der Waals surface area contributed by atoms with E-state index < -0.39 is 17.3 Å². The molecule has 114 valence electrons. The van der Waals surface area contributed by atoms with Crippen molar-refractivity contribution < 1.29 is 24.1 Å². The van der Waals surface area contributed by atoms with Crippen LogP contribution < -0.4 is 15.1 Å². The van der Waals surface area contributed by atoms with Gasteiger partial charge in [0.25, 0.3) is 0 Å². The average molecular weight is 294 g/mol. The second kappa shape index (κ2) is 5.75. The zero-order chi connectivity index (χ0) is 15.6. The number of aliphatic hydroxyl groups excluding tert-OH is 1. The third-order valence-corrected chi connectivity index (χ3v) is 3.11. The van der Waals surface area contributed by atoms with Gasteiger partial charge in [-0.15, -0.1) is 0 Å². The minimum atomic E-state index is -1.30. The number of ether oxygens (including phenoxy) is 2. The van der Waals surface area contributed by atoms with E-state index in [4.69, 9.17) is 13.9 Å². The summed E-state index contributed by atoms with van der Waals surface area (Å²) in [6.45, 7) is 2.81. The first-order valence-corrected chi connectivity index (χ1v) is 6.46. The summed E-state index contributed by atoms with van der Waals surface area (Å²) < 4.78 is 15.8. The molecule has 2 N–H and O–H groups in total. The number of rotatable bonds is 5. The SMILES string of the molecule is COc1cc(OCC(O)C(C)(C)O)c2oc(=O)ccc2c1. The first-order chi connectivity index (χ1) is 9.81. The van der Waals surface area contributed by atoms with Gasteiger partial charge < -0.3 is 24.1 Å². The molecule has 0 amide bonds. The van der Waals surface area contributed by atoms with Crippen LogP contribution in [0.2, 0.25) is 0 Å². The third kappa shape index (κ3) is 3.53. The van der Waals surface area contributed by atoms with Gasteiger partial charge in [-0.05, 0) is 26.0 Å². The van der Waals surface area contributed by atoms with Crippen molar-refractivity contribution in [1.82, 2.24) is 0 Å². The molecule has 2 aromatic rings. The van der Waals surface area contributed by atoms with Crippen molar-refractivity contribution in [2.75, 3.05) is 13.7 Å². The highest BCUT2D eigenvalue weighted by atomic mass is 16.5. The fourth-order valence-corrected chi connectivity index (χ4v) is 1.72. The zero-order valence-corrected chi connectivity index (χ0v) is 12.1. The van der Waals surface area contributed by atoms with Gasteiger partial charge in [-0.2, -0.15) is 0 Å². The van der Waals surface area contributed by atoms with Crippen LogP contribution in [0.5, 0.6) is 11.5 Å². The van der Waals surface area contributed by atoms with E-state index >= 15 is 0 Å². The monoisotopic (exact) mass is 294 g/mol. The summed E-state index contributed by atoms with van der Waals surface area (Å²) in [5.74, 6) is 0.800.